The summed E-state index contributed by atoms with van der Waals surface area (Å²) in [7, 11) is -2.32. The van der Waals surface area contributed by atoms with Crippen LogP contribution >= 0.6 is 11.3 Å². The second kappa shape index (κ2) is 11.4. The number of aryl methyl sites for hydroxylation is 1. The van der Waals surface area contributed by atoms with Gasteiger partial charge in [0.25, 0.3) is 0 Å². The van der Waals surface area contributed by atoms with Crippen LogP contribution in [0.5, 0.6) is 0 Å². The molecule has 0 radical (unpaired) electrons. The number of carbonyl (C=O) groups excluding carboxylic acids is 1. The Hall–Kier alpha value is -3.04. The van der Waals surface area contributed by atoms with Crippen molar-refractivity contribution in [2.75, 3.05) is 33.4 Å². The first-order chi connectivity index (χ1) is 18.4. The minimum absolute atomic E-state index is 0.190. The summed E-state index contributed by atoms with van der Waals surface area (Å²) in [5.74, 6) is -0.197. The average molecular weight is 549 g/mol. The highest BCUT2D eigenvalue weighted by Gasteiger charge is 2.36. The molecule has 198 valence electrons. The van der Waals surface area contributed by atoms with Crippen molar-refractivity contribution in [3.8, 4) is 0 Å². The maximum atomic E-state index is 14.0. The van der Waals surface area contributed by atoms with Crippen LogP contribution in [0, 0.1) is 6.92 Å². The minimum atomic E-state index is -3.91. The standard InChI is InChI=1S/C30H32N2O4S2/c1-22-8-3-6-11-26(22)30-27-15-19-37-28(27)14-17-32(30)29(33)21-31(16-7-18-36-2)38(34,35)25-13-12-23-9-4-5-10-24(23)20-25/h3-6,8-13,15,19-20,30H,7,14,16-18,21H2,1-2H3. The van der Waals surface area contributed by atoms with Crippen molar-refractivity contribution in [2.24, 2.45) is 0 Å². The van der Waals surface area contributed by atoms with E-state index in [1.54, 1.807) is 30.6 Å². The maximum absolute atomic E-state index is 14.0. The largest absolute Gasteiger partial charge is 0.385 e. The van der Waals surface area contributed by atoms with E-state index in [2.05, 4.69) is 30.5 Å². The van der Waals surface area contributed by atoms with Gasteiger partial charge in [-0.1, -0.05) is 54.6 Å². The van der Waals surface area contributed by atoms with Gasteiger partial charge < -0.3 is 9.64 Å². The van der Waals surface area contributed by atoms with Crippen LogP contribution in [-0.4, -0.2) is 56.9 Å². The van der Waals surface area contributed by atoms with Crippen molar-refractivity contribution in [3.05, 3.63) is 99.7 Å². The predicted molar refractivity (Wildman–Crippen MR) is 152 cm³/mol. The van der Waals surface area contributed by atoms with Gasteiger partial charge >= 0.3 is 0 Å². The lowest BCUT2D eigenvalue weighted by Gasteiger charge is -2.38. The SMILES string of the molecule is COCCCN(CC(=O)N1CCc2sccc2C1c1ccccc1C)S(=O)(=O)c1ccc2ccccc2c1. The molecule has 1 aromatic heterocycles. The van der Waals surface area contributed by atoms with Crippen LogP contribution in [0.4, 0.5) is 0 Å². The molecule has 0 spiro atoms. The number of carbonyl (C=O) groups is 1. The summed E-state index contributed by atoms with van der Waals surface area (Å²) < 4.78 is 34.2. The highest BCUT2D eigenvalue weighted by atomic mass is 32.2. The van der Waals surface area contributed by atoms with Crippen LogP contribution in [0.15, 0.2) is 83.1 Å². The van der Waals surface area contributed by atoms with E-state index in [4.69, 9.17) is 4.74 Å². The van der Waals surface area contributed by atoms with Gasteiger partial charge in [0.05, 0.1) is 17.5 Å². The molecule has 1 unspecified atom stereocenters. The second-order valence-corrected chi connectivity index (χ2v) is 12.5. The van der Waals surface area contributed by atoms with Crippen LogP contribution < -0.4 is 0 Å². The molecule has 2 heterocycles. The molecule has 1 atom stereocenters. The predicted octanol–water partition coefficient (Wildman–Crippen LogP) is 5.41. The molecule has 1 amide bonds. The molecule has 6 nitrogen and oxygen atoms in total. The van der Waals surface area contributed by atoms with E-state index in [0.29, 0.717) is 19.6 Å². The van der Waals surface area contributed by atoms with Gasteiger partial charge in [0.15, 0.2) is 0 Å². The summed E-state index contributed by atoms with van der Waals surface area (Å²) in [4.78, 5) is 17.3. The lowest BCUT2D eigenvalue weighted by atomic mass is 9.90. The Balaban J connectivity index is 1.47. The zero-order valence-electron chi connectivity index (χ0n) is 21.7. The van der Waals surface area contributed by atoms with Crippen molar-refractivity contribution in [1.82, 2.24) is 9.21 Å². The number of ether oxygens (including phenoxy) is 1. The number of benzene rings is 3. The number of hydrogen-bond donors (Lipinski definition) is 0. The van der Waals surface area contributed by atoms with E-state index in [0.717, 1.165) is 33.9 Å². The van der Waals surface area contributed by atoms with Gasteiger partial charge in [-0.3, -0.25) is 4.79 Å². The van der Waals surface area contributed by atoms with E-state index >= 15 is 0 Å². The first kappa shape index (κ1) is 26.6. The van der Waals surface area contributed by atoms with Gasteiger partial charge in [0.2, 0.25) is 15.9 Å². The van der Waals surface area contributed by atoms with Crippen molar-refractivity contribution in [2.45, 2.75) is 30.7 Å². The third kappa shape index (κ3) is 5.27. The molecule has 1 aliphatic rings. The number of thiophene rings is 1. The molecular formula is C30H32N2O4S2. The monoisotopic (exact) mass is 548 g/mol. The summed E-state index contributed by atoms with van der Waals surface area (Å²) in [6.45, 7) is 2.99. The summed E-state index contributed by atoms with van der Waals surface area (Å²) in [6.07, 6.45) is 1.26. The zero-order chi connectivity index (χ0) is 26.7. The Morgan fingerprint density at radius 3 is 2.58 bits per heavy atom. The lowest BCUT2D eigenvalue weighted by Crippen LogP contribution is -2.47. The fraction of sp³-hybridized carbons (Fsp3) is 0.300. The summed E-state index contributed by atoms with van der Waals surface area (Å²) >= 11 is 1.72. The molecule has 0 N–H and O–H groups in total. The van der Waals surface area contributed by atoms with E-state index in [1.807, 2.05) is 47.4 Å². The first-order valence-corrected chi connectivity index (χ1v) is 15.1. The van der Waals surface area contributed by atoms with Crippen molar-refractivity contribution < 1.29 is 17.9 Å². The van der Waals surface area contributed by atoms with Crippen LogP contribution in [0.25, 0.3) is 10.8 Å². The van der Waals surface area contributed by atoms with E-state index < -0.39 is 10.0 Å². The second-order valence-electron chi connectivity index (χ2n) is 9.59. The molecule has 0 aliphatic carbocycles. The molecule has 38 heavy (non-hydrogen) atoms. The minimum Gasteiger partial charge on any atom is -0.385 e. The highest BCUT2D eigenvalue weighted by Crippen LogP contribution is 2.39. The zero-order valence-corrected chi connectivity index (χ0v) is 23.3. The fourth-order valence-electron chi connectivity index (χ4n) is 5.20. The Morgan fingerprint density at radius 2 is 1.79 bits per heavy atom. The molecule has 5 rings (SSSR count). The molecule has 3 aromatic carbocycles. The van der Waals surface area contributed by atoms with Gasteiger partial charge in [-0.2, -0.15) is 4.31 Å². The van der Waals surface area contributed by atoms with E-state index in [1.165, 1.54) is 9.18 Å². The fourth-order valence-corrected chi connectivity index (χ4v) is 7.57. The molecule has 0 saturated heterocycles. The normalized spacial score (nSPS) is 15.7. The molecule has 0 fully saturated rings. The molecule has 1 aliphatic heterocycles. The number of methoxy groups -OCH3 is 1. The third-order valence-corrected chi connectivity index (χ3v) is 10.0. The van der Waals surface area contributed by atoms with E-state index in [-0.39, 0.29) is 29.9 Å². The topological polar surface area (TPSA) is 66.9 Å². The third-order valence-electron chi connectivity index (χ3n) is 7.20. The Kier molecular flexibility index (Phi) is 7.95. The average Bonchev–Trinajstić information content (AvgIpc) is 3.41. The van der Waals surface area contributed by atoms with Crippen molar-refractivity contribution in [1.29, 1.82) is 0 Å². The quantitative estimate of drug-likeness (QED) is 0.262. The van der Waals surface area contributed by atoms with Gasteiger partial charge in [0.1, 0.15) is 0 Å². The summed E-state index contributed by atoms with van der Waals surface area (Å²) in [6, 6.07) is 22.8. The van der Waals surface area contributed by atoms with Gasteiger partial charge in [-0.05, 0) is 70.8 Å². The smallest absolute Gasteiger partial charge is 0.243 e. The molecular weight excluding hydrogens is 516 g/mol. The molecule has 8 heteroatoms. The number of amides is 1. The van der Waals surface area contributed by atoms with Crippen LogP contribution in [-0.2, 0) is 26.0 Å². The molecule has 0 bridgehead atoms. The van der Waals surface area contributed by atoms with Crippen LogP contribution in [0.1, 0.15) is 34.0 Å². The number of hydrogen-bond acceptors (Lipinski definition) is 5. The van der Waals surface area contributed by atoms with Crippen molar-refractivity contribution >= 4 is 38.0 Å². The van der Waals surface area contributed by atoms with E-state index in [9.17, 15) is 13.2 Å². The number of fused-ring (bicyclic) bond motifs is 2. The van der Waals surface area contributed by atoms with Gasteiger partial charge in [0, 0.05) is 31.7 Å². The summed E-state index contributed by atoms with van der Waals surface area (Å²) in [5, 5.41) is 3.89. The van der Waals surface area contributed by atoms with Crippen molar-refractivity contribution in [3.63, 3.8) is 0 Å². The number of nitrogens with zero attached hydrogens (tertiary/aromatic N) is 2. The maximum Gasteiger partial charge on any atom is 0.243 e. The summed E-state index contributed by atoms with van der Waals surface area (Å²) in [5.41, 5.74) is 3.31. The lowest BCUT2D eigenvalue weighted by molar-refractivity contribution is -0.133. The Bertz CT molecular complexity index is 1550. The Morgan fingerprint density at radius 1 is 1.03 bits per heavy atom. The van der Waals surface area contributed by atoms with Crippen LogP contribution in [0.3, 0.4) is 0 Å². The first-order valence-electron chi connectivity index (χ1n) is 12.8. The van der Waals surface area contributed by atoms with Gasteiger partial charge in [-0.15, -0.1) is 11.3 Å². The number of sulfonamides is 1. The highest BCUT2D eigenvalue weighted by molar-refractivity contribution is 7.89. The molecule has 0 saturated carbocycles. The molecule has 4 aromatic rings. The Labute approximate surface area is 228 Å². The van der Waals surface area contributed by atoms with Gasteiger partial charge in [-0.25, -0.2) is 8.42 Å². The number of rotatable bonds is 9. The van der Waals surface area contributed by atoms with Crippen LogP contribution in [0.2, 0.25) is 0 Å².